The van der Waals surface area contributed by atoms with Crippen molar-refractivity contribution in [1.82, 2.24) is 10.2 Å². The Hall–Kier alpha value is -4.56. The van der Waals surface area contributed by atoms with Crippen LogP contribution in [0, 0.1) is 29.1 Å². The van der Waals surface area contributed by atoms with Crippen LogP contribution in [0.25, 0.3) is 0 Å². The third-order valence-electron chi connectivity index (χ3n) is 9.02. The zero-order valence-electron chi connectivity index (χ0n) is 27.3. The van der Waals surface area contributed by atoms with Crippen LogP contribution in [-0.2, 0) is 35.6 Å². The highest BCUT2D eigenvalue weighted by Gasteiger charge is 2.34. The molecule has 0 saturated carbocycles. The largest absolute Gasteiger partial charge is 0.493 e. The van der Waals surface area contributed by atoms with Crippen LogP contribution in [0.4, 0.5) is 22.0 Å². The number of methoxy groups -OCH3 is 2. The summed E-state index contributed by atoms with van der Waals surface area (Å²) in [5.41, 5.74) is 3.66. The molecular weight excluding hydrogens is 663 g/mol. The molecule has 13 heteroatoms. The van der Waals surface area contributed by atoms with E-state index in [2.05, 4.69) is 10.2 Å². The van der Waals surface area contributed by atoms with Crippen LogP contribution in [0.15, 0.2) is 60.7 Å². The number of carbonyl (C=O) groups excluding carboxylic acids is 1. The van der Waals surface area contributed by atoms with Crippen LogP contribution in [-0.4, -0.2) is 49.3 Å². The lowest BCUT2D eigenvalue weighted by Gasteiger charge is -2.39. The summed E-state index contributed by atoms with van der Waals surface area (Å²) in [7, 11) is 3.22. The van der Waals surface area contributed by atoms with Gasteiger partial charge in [0, 0.05) is 38.2 Å². The molecule has 1 amide bonds. The van der Waals surface area contributed by atoms with Crippen molar-refractivity contribution in [2.24, 2.45) is 0 Å². The fourth-order valence-corrected chi connectivity index (χ4v) is 6.29. The Morgan fingerprint density at radius 1 is 0.820 bits per heavy atom. The van der Waals surface area contributed by atoms with Gasteiger partial charge in [-0.2, -0.15) is 0 Å². The minimum absolute atomic E-state index is 0.0817. The topological polar surface area (TPSA) is 89.5 Å². The third-order valence-corrected chi connectivity index (χ3v) is 9.02. The molecule has 0 radical (unpaired) electrons. The predicted octanol–water partition coefficient (Wildman–Crippen LogP) is 6.43. The molecular formula is C37H35F5N2O6. The van der Waals surface area contributed by atoms with E-state index in [4.69, 9.17) is 18.9 Å². The lowest BCUT2D eigenvalue weighted by Crippen LogP contribution is -2.41. The van der Waals surface area contributed by atoms with E-state index in [-0.39, 0.29) is 25.4 Å². The smallest absolute Gasteiger partial charge is 0.257 e. The van der Waals surface area contributed by atoms with Crippen molar-refractivity contribution < 1.29 is 50.8 Å². The number of carbonyl (C=O) groups is 1. The molecule has 50 heavy (non-hydrogen) atoms. The number of hydrogen-bond donors (Lipinski definition) is 2. The van der Waals surface area contributed by atoms with Crippen LogP contribution in [0.2, 0.25) is 0 Å². The van der Waals surface area contributed by atoms with E-state index in [9.17, 15) is 31.9 Å². The van der Waals surface area contributed by atoms with Crippen LogP contribution >= 0.6 is 0 Å². The second kappa shape index (κ2) is 15.1. The molecule has 264 valence electrons. The van der Waals surface area contributed by atoms with E-state index in [0.29, 0.717) is 42.1 Å². The Morgan fingerprint density at radius 2 is 1.40 bits per heavy atom. The first-order valence-electron chi connectivity index (χ1n) is 15.9. The van der Waals surface area contributed by atoms with Gasteiger partial charge in [-0.15, -0.1) is 0 Å². The summed E-state index contributed by atoms with van der Waals surface area (Å²) in [6, 6.07) is 18.3. The van der Waals surface area contributed by atoms with Crippen molar-refractivity contribution in [3.63, 3.8) is 0 Å². The molecule has 2 heterocycles. The third kappa shape index (κ3) is 7.31. The van der Waals surface area contributed by atoms with Gasteiger partial charge >= 0.3 is 0 Å². The van der Waals surface area contributed by atoms with E-state index >= 15 is 0 Å². The molecule has 0 aromatic heterocycles. The van der Waals surface area contributed by atoms with Crippen molar-refractivity contribution in [3.8, 4) is 11.5 Å². The number of amides is 1. The second-order valence-electron chi connectivity index (χ2n) is 12.2. The van der Waals surface area contributed by atoms with Gasteiger partial charge < -0.3 is 29.4 Å². The van der Waals surface area contributed by atoms with Crippen molar-refractivity contribution >= 4 is 5.91 Å². The lowest BCUT2D eigenvalue weighted by atomic mass is 9.97. The highest BCUT2D eigenvalue weighted by Crippen LogP contribution is 2.39. The molecule has 0 spiro atoms. The van der Waals surface area contributed by atoms with Crippen LogP contribution in [0.5, 0.6) is 11.5 Å². The monoisotopic (exact) mass is 698 g/mol. The number of nitrogens with one attached hydrogen (secondary N) is 1. The van der Waals surface area contributed by atoms with Gasteiger partial charge in [-0.05, 0) is 46.4 Å². The average molecular weight is 699 g/mol. The predicted molar refractivity (Wildman–Crippen MR) is 171 cm³/mol. The number of nitrogens with zero attached hydrogens (tertiary/aromatic N) is 1. The second-order valence-corrected chi connectivity index (χ2v) is 12.2. The Labute approximate surface area is 285 Å². The standard InChI is InChI=1S/C37H35F5N2O6/c1-47-28-13-24-11-12-44(17-25(24)14-29(28)48-2)18-26-15-27(22-7-5-21(19-45)6-8-22)50-37(49-26)23-9-3-20(4-10-23)16-43-36(46)30-31(38)33(40)35(42)34(41)32(30)39/h3-10,13-14,26-27,37,45H,11-12,15-19H2,1-2H3,(H,43,46). The molecule has 2 aliphatic heterocycles. The maximum atomic E-state index is 14.1. The Morgan fingerprint density at radius 3 is 2.02 bits per heavy atom. The molecule has 1 saturated heterocycles. The van der Waals surface area contributed by atoms with Crippen molar-refractivity contribution in [1.29, 1.82) is 0 Å². The fourth-order valence-electron chi connectivity index (χ4n) is 6.29. The summed E-state index contributed by atoms with van der Waals surface area (Å²) in [5.74, 6) is -11.2. The minimum atomic E-state index is -2.34. The number of fused-ring (bicyclic) bond motifs is 1. The van der Waals surface area contributed by atoms with E-state index in [1.165, 1.54) is 5.56 Å². The molecule has 0 aliphatic carbocycles. The number of rotatable bonds is 10. The van der Waals surface area contributed by atoms with Gasteiger partial charge in [0.1, 0.15) is 5.56 Å². The maximum Gasteiger partial charge on any atom is 0.257 e. The molecule has 1 fully saturated rings. The summed E-state index contributed by atoms with van der Waals surface area (Å²) < 4.78 is 92.7. The Kier molecular flexibility index (Phi) is 10.7. The highest BCUT2D eigenvalue weighted by atomic mass is 19.2. The summed E-state index contributed by atoms with van der Waals surface area (Å²) >= 11 is 0. The zero-order chi connectivity index (χ0) is 35.5. The van der Waals surface area contributed by atoms with Gasteiger partial charge in [0.2, 0.25) is 5.82 Å². The van der Waals surface area contributed by atoms with Crippen LogP contribution in [0.1, 0.15) is 62.6 Å². The first-order valence-corrected chi connectivity index (χ1v) is 15.9. The first-order chi connectivity index (χ1) is 24.1. The summed E-state index contributed by atoms with van der Waals surface area (Å²) in [6.45, 7) is 1.81. The number of hydrogen-bond acceptors (Lipinski definition) is 7. The molecule has 0 bridgehead atoms. The molecule has 6 rings (SSSR count). The number of halogens is 5. The van der Waals surface area contributed by atoms with E-state index < -0.39 is 46.8 Å². The van der Waals surface area contributed by atoms with Gasteiger partial charge in [0.05, 0.1) is 33.0 Å². The van der Waals surface area contributed by atoms with Crippen molar-refractivity contribution in [2.75, 3.05) is 27.3 Å². The zero-order valence-corrected chi connectivity index (χ0v) is 27.3. The minimum Gasteiger partial charge on any atom is -0.493 e. The lowest BCUT2D eigenvalue weighted by molar-refractivity contribution is -0.253. The number of benzene rings is 4. The molecule has 3 atom stereocenters. The van der Waals surface area contributed by atoms with Gasteiger partial charge in [-0.1, -0.05) is 48.5 Å². The van der Waals surface area contributed by atoms with E-state index in [1.807, 2.05) is 36.4 Å². The van der Waals surface area contributed by atoms with E-state index in [1.54, 1.807) is 38.5 Å². The average Bonchev–Trinajstić information content (AvgIpc) is 3.15. The molecule has 2 N–H and O–H groups in total. The Balaban J connectivity index is 1.17. The maximum absolute atomic E-state index is 14.1. The SMILES string of the molecule is COc1cc2c(cc1OC)CN(CC1CC(c3ccc(CO)cc3)OC(c3ccc(CNC(=O)c4c(F)c(F)c(F)c(F)c4F)cc3)O1)CC2. The molecule has 3 unspecified atom stereocenters. The van der Waals surface area contributed by atoms with Gasteiger partial charge in [0.15, 0.2) is 41.1 Å². The molecule has 4 aromatic rings. The summed E-state index contributed by atoms with van der Waals surface area (Å²) in [6.07, 6.45) is 0.0871. The van der Waals surface area contributed by atoms with Gasteiger partial charge in [-0.25, -0.2) is 22.0 Å². The quantitative estimate of drug-likeness (QED) is 0.112. The normalized spacial score (nSPS) is 19.2. The number of ether oxygens (including phenoxy) is 4. The fraction of sp³-hybridized carbons (Fsp3) is 0.324. The summed E-state index contributed by atoms with van der Waals surface area (Å²) in [5, 5.41) is 11.7. The van der Waals surface area contributed by atoms with Crippen LogP contribution in [0.3, 0.4) is 0 Å². The van der Waals surface area contributed by atoms with Gasteiger partial charge in [0.25, 0.3) is 5.91 Å². The number of aliphatic hydroxyl groups is 1. The molecule has 2 aliphatic rings. The first kappa shape index (κ1) is 35.3. The van der Waals surface area contributed by atoms with Gasteiger partial charge in [-0.3, -0.25) is 9.69 Å². The molecule has 4 aromatic carbocycles. The number of aliphatic hydroxyl groups excluding tert-OH is 1. The van der Waals surface area contributed by atoms with Crippen molar-refractivity contribution in [2.45, 2.75) is 51.0 Å². The molecule has 8 nitrogen and oxygen atoms in total. The van der Waals surface area contributed by atoms with Crippen LogP contribution < -0.4 is 14.8 Å². The Bertz CT molecular complexity index is 1830. The summed E-state index contributed by atoms with van der Waals surface area (Å²) in [4.78, 5) is 14.7. The van der Waals surface area contributed by atoms with E-state index in [0.717, 1.165) is 29.7 Å². The van der Waals surface area contributed by atoms with Crippen molar-refractivity contribution in [3.05, 3.63) is 129 Å². The highest BCUT2D eigenvalue weighted by molar-refractivity contribution is 5.94.